The van der Waals surface area contributed by atoms with E-state index in [9.17, 15) is 8.42 Å². The van der Waals surface area contributed by atoms with Gasteiger partial charge in [-0.15, -0.1) is 10.2 Å². The molecule has 8 nitrogen and oxygen atoms in total. The van der Waals surface area contributed by atoms with Crippen molar-refractivity contribution < 1.29 is 13.2 Å². The van der Waals surface area contributed by atoms with Crippen LogP contribution in [-0.4, -0.2) is 45.5 Å². The fourth-order valence-corrected chi connectivity index (χ4v) is 5.72. The molecule has 1 saturated carbocycles. The number of halogens is 1. The molecule has 3 aromatic rings. The maximum Gasteiger partial charge on any atom is 0.160 e. The smallest absolute Gasteiger partial charge is 0.160 e. The number of aromatic nitrogens is 5. The molecule has 0 saturated heterocycles. The normalized spacial score (nSPS) is 16.3. The van der Waals surface area contributed by atoms with Crippen molar-refractivity contribution in [3.63, 3.8) is 0 Å². The highest BCUT2D eigenvalue weighted by Crippen LogP contribution is 2.39. The first-order valence-electron chi connectivity index (χ1n) is 11.0. The number of rotatable bonds is 8. The summed E-state index contributed by atoms with van der Waals surface area (Å²) in [5.41, 5.74) is 1.75. The molecule has 1 aromatic carbocycles. The fraction of sp³-hybridized carbons (Fsp3) is 0.478. The van der Waals surface area contributed by atoms with E-state index < -0.39 is 21.0 Å². The molecule has 0 amide bonds. The van der Waals surface area contributed by atoms with Gasteiger partial charge in [0, 0.05) is 24.2 Å². The number of hydrogen-bond donors (Lipinski definition) is 0. The summed E-state index contributed by atoms with van der Waals surface area (Å²) in [6, 6.07) is 5.76. The van der Waals surface area contributed by atoms with Gasteiger partial charge in [-0.2, -0.15) is 0 Å². The zero-order valence-corrected chi connectivity index (χ0v) is 20.8. The van der Waals surface area contributed by atoms with Crippen molar-refractivity contribution in [2.45, 2.75) is 62.9 Å². The van der Waals surface area contributed by atoms with Crippen molar-refractivity contribution in [1.82, 2.24) is 24.7 Å². The topological polar surface area (TPSA) is 99.9 Å². The van der Waals surface area contributed by atoms with Crippen LogP contribution in [0.4, 0.5) is 0 Å². The Morgan fingerprint density at radius 1 is 1.18 bits per heavy atom. The van der Waals surface area contributed by atoms with Gasteiger partial charge in [0.15, 0.2) is 15.7 Å². The van der Waals surface area contributed by atoms with Crippen LogP contribution >= 0.6 is 11.6 Å². The third-order valence-electron chi connectivity index (χ3n) is 6.52. The van der Waals surface area contributed by atoms with Gasteiger partial charge in [0.05, 0.1) is 23.1 Å². The minimum absolute atomic E-state index is 0.247. The summed E-state index contributed by atoms with van der Waals surface area (Å²) in [7, 11) is -2.00. The highest BCUT2D eigenvalue weighted by atomic mass is 35.5. The van der Waals surface area contributed by atoms with Crippen LogP contribution in [0.3, 0.4) is 0 Å². The first-order valence-corrected chi connectivity index (χ1v) is 13.1. The Labute approximate surface area is 199 Å². The summed E-state index contributed by atoms with van der Waals surface area (Å²) in [6.07, 6.45) is 6.12. The second kappa shape index (κ2) is 9.38. The van der Waals surface area contributed by atoms with Gasteiger partial charge in [0.2, 0.25) is 0 Å². The molecule has 2 aromatic heterocycles. The number of hydrogen-bond acceptors (Lipinski definition) is 7. The Balaban J connectivity index is 1.72. The molecule has 1 aliphatic rings. The van der Waals surface area contributed by atoms with E-state index in [1.165, 1.54) is 12.4 Å². The molecule has 1 fully saturated rings. The molecule has 0 spiro atoms. The van der Waals surface area contributed by atoms with Gasteiger partial charge in [-0.05, 0) is 38.3 Å². The van der Waals surface area contributed by atoms with Crippen LogP contribution in [0.2, 0.25) is 5.02 Å². The van der Waals surface area contributed by atoms with E-state index >= 15 is 0 Å². The van der Waals surface area contributed by atoms with Crippen LogP contribution in [-0.2, 0) is 15.6 Å². The van der Waals surface area contributed by atoms with E-state index in [2.05, 4.69) is 20.2 Å². The lowest BCUT2D eigenvalue weighted by molar-refractivity contribution is 0.390. The first-order chi connectivity index (χ1) is 15.7. The summed E-state index contributed by atoms with van der Waals surface area (Å²) >= 11 is 5.88. The molecular weight excluding hydrogens is 462 g/mol. The number of nitrogens with zero attached hydrogens (tertiary/aromatic N) is 5. The van der Waals surface area contributed by atoms with E-state index in [1.807, 2.05) is 29.7 Å². The highest BCUT2D eigenvalue weighted by Gasteiger charge is 2.34. The molecule has 0 aliphatic heterocycles. The van der Waals surface area contributed by atoms with Crippen LogP contribution < -0.4 is 4.74 Å². The minimum atomic E-state index is -3.61. The molecule has 10 heteroatoms. The van der Waals surface area contributed by atoms with Crippen LogP contribution in [0.1, 0.15) is 68.0 Å². The Hall–Kier alpha value is -2.52. The summed E-state index contributed by atoms with van der Waals surface area (Å²) in [5.74, 6) is 1.88. The Morgan fingerprint density at radius 3 is 2.48 bits per heavy atom. The summed E-state index contributed by atoms with van der Waals surface area (Å²) in [6.45, 7) is 5.46. The standard InChI is InChI=1S/C23H28ClN5O3S/c1-14-7-5-10-19(32-4)21(14)29-20(27-28-23(29)17-8-6-9-17)13-33(30,31)16(3)15(2)22-25-11-18(24)12-26-22/h5,7,10-12,15-17H,6,8-9,13H2,1-4H3/t15-,16-/m0/s1. The zero-order chi connectivity index (χ0) is 23.8. The van der Waals surface area contributed by atoms with Crippen molar-refractivity contribution in [2.24, 2.45) is 0 Å². The van der Waals surface area contributed by atoms with Gasteiger partial charge in [-0.25, -0.2) is 18.4 Å². The third kappa shape index (κ3) is 4.61. The predicted molar refractivity (Wildman–Crippen MR) is 127 cm³/mol. The third-order valence-corrected chi connectivity index (χ3v) is 8.92. The van der Waals surface area contributed by atoms with E-state index in [0.29, 0.717) is 22.4 Å². The molecule has 0 N–H and O–H groups in total. The van der Waals surface area contributed by atoms with Crippen molar-refractivity contribution in [1.29, 1.82) is 0 Å². The van der Waals surface area contributed by atoms with Gasteiger partial charge in [0.25, 0.3) is 0 Å². The SMILES string of the molecule is COc1cccc(C)c1-n1c(CS(=O)(=O)[C@@H](C)[C@H](C)c2ncc(Cl)cn2)nnc1C1CCC1. The van der Waals surface area contributed by atoms with Crippen LogP contribution in [0, 0.1) is 6.92 Å². The largest absolute Gasteiger partial charge is 0.495 e. The lowest BCUT2D eigenvalue weighted by Crippen LogP contribution is -2.28. The molecule has 0 unspecified atom stereocenters. The van der Waals surface area contributed by atoms with E-state index in [0.717, 1.165) is 36.3 Å². The van der Waals surface area contributed by atoms with Crippen molar-refractivity contribution in [3.05, 3.63) is 58.7 Å². The lowest BCUT2D eigenvalue weighted by Gasteiger charge is -2.26. The quantitative estimate of drug-likeness (QED) is 0.462. The average Bonchev–Trinajstić information content (AvgIpc) is 3.13. The molecule has 33 heavy (non-hydrogen) atoms. The van der Waals surface area contributed by atoms with Gasteiger partial charge >= 0.3 is 0 Å². The molecule has 2 heterocycles. The van der Waals surface area contributed by atoms with Crippen molar-refractivity contribution >= 4 is 21.4 Å². The number of para-hydroxylation sites is 1. The highest BCUT2D eigenvalue weighted by molar-refractivity contribution is 7.91. The van der Waals surface area contributed by atoms with E-state index in [1.54, 1.807) is 21.0 Å². The monoisotopic (exact) mass is 489 g/mol. The molecular formula is C23H28ClN5O3S. The molecule has 176 valence electrons. The maximum absolute atomic E-state index is 13.5. The number of ether oxygens (including phenoxy) is 1. The average molecular weight is 490 g/mol. The van der Waals surface area contributed by atoms with Crippen LogP contribution in [0.5, 0.6) is 5.75 Å². The van der Waals surface area contributed by atoms with Crippen molar-refractivity contribution in [2.75, 3.05) is 7.11 Å². The Bertz CT molecular complexity index is 1240. The fourth-order valence-electron chi connectivity index (χ4n) is 4.07. The summed E-state index contributed by atoms with van der Waals surface area (Å²) < 4.78 is 34.5. The second-order valence-electron chi connectivity index (χ2n) is 8.62. The first kappa shape index (κ1) is 23.6. The van der Waals surface area contributed by atoms with E-state index in [-0.39, 0.29) is 11.7 Å². The second-order valence-corrected chi connectivity index (χ2v) is 11.4. The molecule has 4 rings (SSSR count). The Kier molecular flexibility index (Phi) is 6.72. The number of methoxy groups -OCH3 is 1. The van der Waals surface area contributed by atoms with Crippen molar-refractivity contribution in [3.8, 4) is 11.4 Å². The zero-order valence-electron chi connectivity index (χ0n) is 19.2. The molecule has 0 radical (unpaired) electrons. The van der Waals surface area contributed by atoms with Crippen LogP contribution in [0.15, 0.2) is 30.6 Å². The summed E-state index contributed by atoms with van der Waals surface area (Å²) in [4.78, 5) is 8.42. The van der Waals surface area contributed by atoms with Gasteiger partial charge < -0.3 is 4.74 Å². The van der Waals surface area contributed by atoms with E-state index in [4.69, 9.17) is 16.3 Å². The number of sulfone groups is 1. The minimum Gasteiger partial charge on any atom is -0.495 e. The van der Waals surface area contributed by atoms with Gasteiger partial charge in [-0.1, -0.05) is 37.1 Å². The lowest BCUT2D eigenvalue weighted by atomic mass is 9.84. The maximum atomic E-state index is 13.5. The molecule has 0 bridgehead atoms. The summed E-state index contributed by atoms with van der Waals surface area (Å²) in [5, 5.41) is 8.47. The predicted octanol–water partition coefficient (Wildman–Crippen LogP) is 4.40. The number of aryl methyl sites for hydroxylation is 1. The van der Waals surface area contributed by atoms with Crippen LogP contribution in [0.25, 0.3) is 5.69 Å². The molecule has 2 atom stereocenters. The Morgan fingerprint density at radius 2 is 1.88 bits per heavy atom. The van der Waals surface area contributed by atoms with Gasteiger partial charge in [-0.3, -0.25) is 4.57 Å². The number of benzene rings is 1. The molecule has 1 aliphatic carbocycles. The van der Waals surface area contributed by atoms with Gasteiger partial charge in [0.1, 0.15) is 23.2 Å².